The van der Waals surface area contributed by atoms with Crippen molar-refractivity contribution in [2.75, 3.05) is 58.4 Å². The van der Waals surface area contributed by atoms with Gasteiger partial charge in [-0.05, 0) is 42.3 Å². The van der Waals surface area contributed by atoms with E-state index >= 15 is 0 Å². The minimum absolute atomic E-state index is 0.190. The number of amides is 2. The number of nitrogens with zero attached hydrogens (tertiary/aromatic N) is 3. The number of rotatable bonds is 10. The van der Waals surface area contributed by atoms with Crippen LogP contribution >= 0.6 is 0 Å². The Hall–Kier alpha value is -3.56. The molecule has 0 atom stereocenters. The Bertz CT molecular complexity index is 1080. The molecule has 4 rings (SSSR count). The maximum absolute atomic E-state index is 13.2. The number of urea groups is 1. The van der Waals surface area contributed by atoms with E-state index in [1.54, 1.807) is 18.2 Å². The molecule has 2 amide bonds. The second-order valence-corrected chi connectivity index (χ2v) is 8.30. The summed E-state index contributed by atoms with van der Waals surface area (Å²) in [5.74, 6) is 1.40. The van der Waals surface area contributed by atoms with Crippen molar-refractivity contribution < 1.29 is 19.0 Å². The first-order valence-corrected chi connectivity index (χ1v) is 11.9. The normalized spacial score (nSPS) is 13.9. The van der Waals surface area contributed by atoms with Gasteiger partial charge in [-0.25, -0.2) is 4.79 Å². The summed E-state index contributed by atoms with van der Waals surface area (Å²) >= 11 is 0. The molecule has 9 heteroatoms. The van der Waals surface area contributed by atoms with Gasteiger partial charge in [-0.15, -0.1) is 0 Å². The molecule has 0 radical (unpaired) electrons. The predicted octanol–water partition coefficient (Wildman–Crippen LogP) is 3.85. The van der Waals surface area contributed by atoms with E-state index < -0.39 is 0 Å². The van der Waals surface area contributed by atoms with Gasteiger partial charge in [0.25, 0.3) is 0 Å². The quantitative estimate of drug-likeness (QED) is 0.459. The smallest absolute Gasteiger partial charge is 0.322 e. The predicted molar refractivity (Wildman–Crippen MR) is 135 cm³/mol. The van der Waals surface area contributed by atoms with E-state index in [0.717, 1.165) is 55.3 Å². The zero-order valence-corrected chi connectivity index (χ0v) is 20.3. The Labute approximate surface area is 206 Å². The van der Waals surface area contributed by atoms with Crippen molar-refractivity contribution in [3.63, 3.8) is 0 Å². The van der Waals surface area contributed by atoms with Crippen LogP contribution in [0.25, 0.3) is 11.1 Å². The molecule has 1 fully saturated rings. The molecule has 2 heterocycles. The number of H-pyrrole nitrogens is 1. The number of morpholine rings is 1. The van der Waals surface area contributed by atoms with Crippen molar-refractivity contribution in [3.8, 4) is 22.6 Å². The lowest BCUT2D eigenvalue weighted by Gasteiger charge is -2.26. The summed E-state index contributed by atoms with van der Waals surface area (Å²) in [4.78, 5) is 17.2. The van der Waals surface area contributed by atoms with Crippen molar-refractivity contribution in [1.29, 1.82) is 0 Å². The van der Waals surface area contributed by atoms with Crippen LogP contribution in [0.1, 0.15) is 12.5 Å². The number of anilines is 1. The topological polar surface area (TPSA) is 92.0 Å². The third kappa shape index (κ3) is 6.74. The Morgan fingerprint density at radius 2 is 2.06 bits per heavy atom. The second-order valence-electron chi connectivity index (χ2n) is 8.30. The lowest BCUT2D eigenvalue weighted by atomic mass is 10.1. The van der Waals surface area contributed by atoms with Crippen LogP contribution < -0.4 is 14.8 Å². The summed E-state index contributed by atoms with van der Waals surface area (Å²) in [6.07, 6.45) is 3.59. The number of hydrogen-bond acceptors (Lipinski definition) is 6. The average Bonchev–Trinajstić information content (AvgIpc) is 3.44. The molecule has 1 saturated heterocycles. The first-order chi connectivity index (χ1) is 17.2. The van der Waals surface area contributed by atoms with Gasteiger partial charge in [0.15, 0.2) is 0 Å². The molecule has 2 N–H and O–H groups in total. The van der Waals surface area contributed by atoms with Crippen molar-refractivity contribution in [2.24, 2.45) is 0 Å². The van der Waals surface area contributed by atoms with E-state index in [2.05, 4.69) is 20.4 Å². The van der Waals surface area contributed by atoms with Crippen LogP contribution in [0.15, 0.2) is 54.9 Å². The van der Waals surface area contributed by atoms with Gasteiger partial charge in [0.1, 0.15) is 18.1 Å². The van der Waals surface area contributed by atoms with E-state index in [9.17, 15) is 4.79 Å². The maximum atomic E-state index is 13.2. The molecular formula is C26H33N5O4. The third-order valence-corrected chi connectivity index (χ3v) is 6.00. The van der Waals surface area contributed by atoms with Crippen LogP contribution in [0.3, 0.4) is 0 Å². The van der Waals surface area contributed by atoms with Gasteiger partial charge in [0, 0.05) is 44.5 Å². The fourth-order valence-corrected chi connectivity index (χ4v) is 3.96. The molecule has 0 spiro atoms. The molecule has 1 aliphatic rings. The van der Waals surface area contributed by atoms with Crippen molar-refractivity contribution in [2.45, 2.75) is 13.5 Å². The first-order valence-electron chi connectivity index (χ1n) is 11.9. The molecule has 0 aliphatic carbocycles. The lowest BCUT2D eigenvalue weighted by Crippen LogP contribution is -2.38. The van der Waals surface area contributed by atoms with Gasteiger partial charge in [0.2, 0.25) is 0 Å². The zero-order chi connectivity index (χ0) is 24.5. The largest absolute Gasteiger partial charge is 0.497 e. The number of benzene rings is 2. The van der Waals surface area contributed by atoms with Gasteiger partial charge in [-0.1, -0.05) is 18.2 Å². The van der Waals surface area contributed by atoms with Gasteiger partial charge in [-0.2, -0.15) is 5.10 Å². The number of hydrogen-bond donors (Lipinski definition) is 2. The number of aromatic amines is 1. The Morgan fingerprint density at radius 1 is 1.20 bits per heavy atom. The molecule has 2 aromatic carbocycles. The first kappa shape index (κ1) is 24.6. The minimum Gasteiger partial charge on any atom is -0.497 e. The van der Waals surface area contributed by atoms with Gasteiger partial charge in [0.05, 0.1) is 32.2 Å². The maximum Gasteiger partial charge on any atom is 0.322 e. The highest BCUT2D eigenvalue weighted by atomic mass is 16.5. The summed E-state index contributed by atoms with van der Waals surface area (Å²) in [5.41, 5.74) is 3.54. The number of carbonyl (C=O) groups excluding carboxylic acids is 1. The molecule has 0 bridgehead atoms. The third-order valence-electron chi connectivity index (χ3n) is 6.00. The molecule has 9 nitrogen and oxygen atoms in total. The summed E-state index contributed by atoms with van der Waals surface area (Å²) in [6, 6.07) is 13.3. The molecule has 1 aliphatic heterocycles. The van der Waals surface area contributed by atoms with Crippen LogP contribution in [0.4, 0.5) is 10.5 Å². The van der Waals surface area contributed by atoms with Crippen LogP contribution in [-0.2, 0) is 11.3 Å². The summed E-state index contributed by atoms with van der Waals surface area (Å²) in [5, 5.41) is 9.92. The highest BCUT2D eigenvalue weighted by molar-refractivity contribution is 5.91. The number of methoxy groups -OCH3 is 1. The molecule has 0 unspecified atom stereocenters. The van der Waals surface area contributed by atoms with Gasteiger partial charge in [-0.3, -0.25) is 10.00 Å². The zero-order valence-electron chi connectivity index (χ0n) is 20.3. The highest BCUT2D eigenvalue weighted by Gasteiger charge is 2.17. The monoisotopic (exact) mass is 479 g/mol. The second kappa shape index (κ2) is 12.2. The highest BCUT2D eigenvalue weighted by Crippen LogP contribution is 2.31. The SMILES string of the molecule is CCN(Cc1cccc(OC)c1)C(=O)Nc1ccc(-c2cn[nH]c2)cc1OCCN1CCOCC1. The molecule has 1 aromatic heterocycles. The number of aromatic nitrogens is 2. The minimum atomic E-state index is -0.190. The number of nitrogens with one attached hydrogen (secondary N) is 2. The Kier molecular flexibility index (Phi) is 8.58. The van der Waals surface area contributed by atoms with Crippen LogP contribution in [0, 0.1) is 0 Å². The fraction of sp³-hybridized carbons (Fsp3) is 0.385. The van der Waals surface area contributed by atoms with E-state index in [-0.39, 0.29) is 6.03 Å². The summed E-state index contributed by atoms with van der Waals surface area (Å²) in [6.45, 7) is 7.59. The van der Waals surface area contributed by atoms with Crippen molar-refractivity contribution in [1.82, 2.24) is 20.0 Å². The molecular weight excluding hydrogens is 446 g/mol. The average molecular weight is 480 g/mol. The Morgan fingerprint density at radius 3 is 2.80 bits per heavy atom. The molecule has 3 aromatic rings. The molecule has 186 valence electrons. The number of carbonyl (C=O) groups is 1. The number of ether oxygens (including phenoxy) is 3. The van der Waals surface area contributed by atoms with Gasteiger partial charge >= 0.3 is 6.03 Å². The molecule has 0 saturated carbocycles. The lowest BCUT2D eigenvalue weighted by molar-refractivity contribution is 0.0323. The van der Waals surface area contributed by atoms with E-state index in [0.29, 0.717) is 31.1 Å². The fourth-order valence-electron chi connectivity index (χ4n) is 3.96. The van der Waals surface area contributed by atoms with Crippen LogP contribution in [-0.4, -0.2) is 79.1 Å². The summed E-state index contributed by atoms with van der Waals surface area (Å²) in [7, 11) is 1.64. The van der Waals surface area contributed by atoms with Crippen LogP contribution in [0.2, 0.25) is 0 Å². The van der Waals surface area contributed by atoms with E-state index in [1.165, 1.54) is 0 Å². The standard InChI is InChI=1S/C26H33N5O4/c1-3-31(19-20-5-4-6-23(15-20)33-2)26(32)29-24-8-7-21(22-17-27-28-18-22)16-25(24)35-14-11-30-9-12-34-13-10-30/h4-8,15-18H,3,9-14,19H2,1-2H3,(H,27,28)(H,29,32). The van der Waals surface area contributed by atoms with Crippen molar-refractivity contribution in [3.05, 3.63) is 60.4 Å². The van der Waals surface area contributed by atoms with Gasteiger partial charge < -0.3 is 24.4 Å². The summed E-state index contributed by atoms with van der Waals surface area (Å²) < 4.78 is 16.9. The molecule has 35 heavy (non-hydrogen) atoms. The van der Waals surface area contributed by atoms with E-state index in [4.69, 9.17) is 14.2 Å². The van der Waals surface area contributed by atoms with Crippen molar-refractivity contribution >= 4 is 11.7 Å². The van der Waals surface area contributed by atoms with Crippen LogP contribution in [0.5, 0.6) is 11.5 Å². The Balaban J connectivity index is 1.47. The van der Waals surface area contributed by atoms with E-state index in [1.807, 2.05) is 55.6 Å².